The van der Waals surface area contributed by atoms with Gasteiger partial charge < -0.3 is 14.5 Å². The van der Waals surface area contributed by atoms with E-state index < -0.39 is 11.7 Å². The fraction of sp³-hybridized carbons (Fsp3) is 0.552. The van der Waals surface area contributed by atoms with Crippen LogP contribution in [0.25, 0.3) is 5.57 Å². The lowest BCUT2D eigenvalue weighted by Crippen LogP contribution is -2.45. The van der Waals surface area contributed by atoms with Crippen LogP contribution in [0, 0.1) is 11.8 Å². The molecule has 204 valence electrons. The third kappa shape index (κ3) is 5.97. The van der Waals surface area contributed by atoms with Crippen molar-refractivity contribution in [1.82, 2.24) is 14.9 Å². The molecule has 1 atom stereocenters. The number of rotatable bonds is 7. The fourth-order valence-electron chi connectivity index (χ4n) is 5.39. The number of anilines is 1. The first-order chi connectivity index (χ1) is 18.3. The Balaban J connectivity index is 1.19. The van der Waals surface area contributed by atoms with Gasteiger partial charge in [-0.1, -0.05) is 19.1 Å². The first-order valence-electron chi connectivity index (χ1n) is 13.7. The van der Waals surface area contributed by atoms with Gasteiger partial charge in [-0.05, 0) is 79.7 Å². The molecule has 0 spiro atoms. The van der Waals surface area contributed by atoms with E-state index in [2.05, 4.69) is 21.8 Å². The molecule has 9 heteroatoms. The average molecular weight is 529 g/mol. The summed E-state index contributed by atoms with van der Waals surface area (Å²) in [7, 11) is 0. The van der Waals surface area contributed by atoms with Gasteiger partial charge in [-0.25, -0.2) is 9.97 Å². The minimum Gasteiger partial charge on any atom is -0.493 e. The van der Waals surface area contributed by atoms with Crippen LogP contribution in [0.15, 0.2) is 36.7 Å². The number of hydrogen-bond acceptors (Lipinski definition) is 5. The van der Waals surface area contributed by atoms with E-state index in [0.717, 1.165) is 63.0 Å². The number of hydrogen-bond donors (Lipinski definition) is 0. The zero-order valence-electron chi connectivity index (χ0n) is 21.8. The molecular formula is C29H35F3N4O2. The first-order valence-corrected chi connectivity index (χ1v) is 13.7. The Bertz CT molecular complexity index is 1150. The van der Waals surface area contributed by atoms with E-state index in [9.17, 15) is 18.0 Å². The summed E-state index contributed by atoms with van der Waals surface area (Å²) in [6.07, 6.45) is 6.52. The van der Waals surface area contributed by atoms with Crippen molar-refractivity contribution in [1.29, 1.82) is 0 Å². The molecule has 2 aromatic rings. The van der Waals surface area contributed by atoms with Gasteiger partial charge in [0.15, 0.2) is 0 Å². The van der Waals surface area contributed by atoms with Gasteiger partial charge in [0.05, 0.1) is 12.2 Å². The largest absolute Gasteiger partial charge is 0.493 e. The molecule has 6 nitrogen and oxygen atoms in total. The molecule has 1 aliphatic carbocycles. The molecule has 2 saturated heterocycles. The summed E-state index contributed by atoms with van der Waals surface area (Å²) < 4.78 is 47.7. The van der Waals surface area contributed by atoms with Crippen molar-refractivity contribution in [2.75, 3.05) is 37.7 Å². The molecule has 38 heavy (non-hydrogen) atoms. The molecule has 3 heterocycles. The molecule has 1 unspecified atom stereocenters. The Labute approximate surface area is 221 Å². The van der Waals surface area contributed by atoms with Gasteiger partial charge in [0.25, 0.3) is 0 Å². The lowest BCUT2D eigenvalue weighted by Gasteiger charge is -2.35. The summed E-state index contributed by atoms with van der Waals surface area (Å²) in [5.41, 5.74) is 1.78. The van der Waals surface area contributed by atoms with Crippen molar-refractivity contribution in [3.8, 4) is 5.75 Å². The molecule has 0 saturated carbocycles. The van der Waals surface area contributed by atoms with E-state index in [1.165, 1.54) is 12.1 Å². The standard InChI is InChI=1S/C29H35F3N4O2/c1-2-20-17-33-28(34-18-20)36-14-10-21(11-15-36)19-38-26-9-8-24(16-25(26)29(30,31)32)22-4-6-23(7-5-22)27(37)35-12-3-13-35/h4,8-9,16-18,21,23H,2-3,5-7,10-15,19H2,1H3. The van der Waals surface area contributed by atoms with Crippen LogP contribution in [0.1, 0.15) is 62.1 Å². The highest BCUT2D eigenvalue weighted by Crippen LogP contribution is 2.40. The van der Waals surface area contributed by atoms with Crippen LogP contribution in [0.4, 0.5) is 19.1 Å². The molecular weight excluding hydrogens is 493 g/mol. The van der Waals surface area contributed by atoms with Crippen LogP contribution < -0.4 is 9.64 Å². The zero-order valence-corrected chi connectivity index (χ0v) is 21.8. The lowest BCUT2D eigenvalue weighted by molar-refractivity contribution is -0.139. The highest BCUT2D eigenvalue weighted by molar-refractivity contribution is 5.81. The van der Waals surface area contributed by atoms with E-state index in [1.807, 2.05) is 23.4 Å². The van der Waals surface area contributed by atoms with Crippen LogP contribution >= 0.6 is 0 Å². The number of ether oxygens (including phenoxy) is 1. The molecule has 2 aliphatic heterocycles. The van der Waals surface area contributed by atoms with Gasteiger partial charge in [-0.15, -0.1) is 0 Å². The monoisotopic (exact) mass is 528 g/mol. The smallest absolute Gasteiger partial charge is 0.419 e. The number of piperidine rings is 1. The second kappa shape index (κ2) is 11.3. The summed E-state index contributed by atoms with van der Waals surface area (Å²) in [6.45, 7) is 5.45. The second-order valence-electron chi connectivity index (χ2n) is 10.6. The Morgan fingerprint density at radius 1 is 1.08 bits per heavy atom. The molecule has 0 N–H and O–H groups in total. The number of allylic oxidation sites excluding steroid dienone is 2. The van der Waals surface area contributed by atoms with Crippen molar-refractivity contribution in [2.24, 2.45) is 11.8 Å². The van der Waals surface area contributed by atoms with Crippen molar-refractivity contribution in [3.63, 3.8) is 0 Å². The van der Waals surface area contributed by atoms with E-state index >= 15 is 0 Å². The third-order valence-corrected chi connectivity index (χ3v) is 8.06. The van der Waals surface area contributed by atoms with Crippen molar-refractivity contribution < 1.29 is 22.7 Å². The summed E-state index contributed by atoms with van der Waals surface area (Å²) in [6, 6.07) is 4.38. The summed E-state index contributed by atoms with van der Waals surface area (Å²) in [5.74, 6) is 0.870. The van der Waals surface area contributed by atoms with Crippen LogP contribution in [0.5, 0.6) is 5.75 Å². The van der Waals surface area contributed by atoms with E-state index in [-0.39, 0.29) is 30.1 Å². The molecule has 3 aliphatic rings. The number of likely N-dealkylation sites (tertiary alicyclic amines) is 1. The number of nitrogens with zero attached hydrogens (tertiary/aromatic N) is 4. The van der Waals surface area contributed by atoms with Gasteiger partial charge >= 0.3 is 6.18 Å². The Kier molecular flexibility index (Phi) is 7.91. The predicted molar refractivity (Wildman–Crippen MR) is 140 cm³/mol. The van der Waals surface area contributed by atoms with Crippen LogP contribution in [0.2, 0.25) is 0 Å². The summed E-state index contributed by atoms with van der Waals surface area (Å²) >= 11 is 0. The molecule has 0 radical (unpaired) electrons. The van der Waals surface area contributed by atoms with Crippen LogP contribution in [-0.2, 0) is 17.4 Å². The lowest BCUT2D eigenvalue weighted by atomic mass is 9.85. The summed E-state index contributed by atoms with van der Waals surface area (Å²) in [4.78, 5) is 25.4. The van der Waals surface area contributed by atoms with E-state index in [0.29, 0.717) is 30.8 Å². The number of carbonyl (C=O) groups is 1. The average Bonchev–Trinajstić information content (AvgIpc) is 2.91. The maximum Gasteiger partial charge on any atom is 0.419 e. The molecule has 1 aromatic carbocycles. The van der Waals surface area contributed by atoms with Gasteiger partial charge in [-0.3, -0.25) is 4.79 Å². The van der Waals surface area contributed by atoms with Gasteiger partial charge in [0.2, 0.25) is 11.9 Å². The number of benzene rings is 1. The number of halogens is 3. The van der Waals surface area contributed by atoms with Crippen molar-refractivity contribution >= 4 is 17.4 Å². The molecule has 0 bridgehead atoms. The molecule has 2 fully saturated rings. The Hall–Kier alpha value is -3.10. The quantitative estimate of drug-likeness (QED) is 0.457. The van der Waals surface area contributed by atoms with Crippen molar-refractivity contribution in [2.45, 2.75) is 58.0 Å². The van der Waals surface area contributed by atoms with E-state index in [1.54, 1.807) is 6.07 Å². The predicted octanol–water partition coefficient (Wildman–Crippen LogP) is 5.77. The number of carbonyl (C=O) groups excluding carboxylic acids is 1. The van der Waals surface area contributed by atoms with Crippen LogP contribution in [0.3, 0.4) is 0 Å². The highest BCUT2D eigenvalue weighted by atomic mass is 19.4. The third-order valence-electron chi connectivity index (χ3n) is 8.06. The minimum atomic E-state index is -4.51. The minimum absolute atomic E-state index is 0.0579. The van der Waals surface area contributed by atoms with Crippen molar-refractivity contribution in [3.05, 3.63) is 53.4 Å². The molecule has 1 aromatic heterocycles. The van der Waals surface area contributed by atoms with Gasteiger partial charge in [0.1, 0.15) is 5.75 Å². The normalized spacial score (nSPS) is 20.6. The number of alkyl halides is 3. The Morgan fingerprint density at radius 3 is 2.39 bits per heavy atom. The first kappa shape index (κ1) is 26.5. The van der Waals surface area contributed by atoms with Gasteiger partial charge in [-0.2, -0.15) is 13.2 Å². The molecule has 1 amide bonds. The SMILES string of the molecule is CCc1cnc(N2CCC(COc3ccc(C4=CCC(C(=O)N5CCC5)CC4)cc3C(F)(F)F)CC2)nc1. The Morgan fingerprint density at radius 2 is 1.82 bits per heavy atom. The van der Waals surface area contributed by atoms with Crippen LogP contribution in [-0.4, -0.2) is 53.6 Å². The summed E-state index contributed by atoms with van der Waals surface area (Å²) in [5, 5.41) is 0. The highest BCUT2D eigenvalue weighted by Gasteiger charge is 2.36. The maximum absolute atomic E-state index is 14.0. The topological polar surface area (TPSA) is 58.6 Å². The fourth-order valence-corrected chi connectivity index (χ4v) is 5.39. The number of amides is 1. The number of aromatic nitrogens is 2. The van der Waals surface area contributed by atoms with Gasteiger partial charge in [0, 0.05) is 44.5 Å². The molecule has 5 rings (SSSR count). The van der Waals surface area contributed by atoms with E-state index in [4.69, 9.17) is 4.74 Å². The maximum atomic E-state index is 14.0. The second-order valence-corrected chi connectivity index (χ2v) is 10.6. The zero-order chi connectivity index (χ0) is 26.7. The number of aryl methyl sites for hydroxylation is 1.